The number of hydrogen-bond acceptors (Lipinski definition) is 2. The fourth-order valence-corrected chi connectivity index (χ4v) is 3.33. The smallest absolute Gasteiger partial charge is 0.241 e. The van der Waals surface area contributed by atoms with E-state index < -0.39 is 0 Å². The molecule has 3 heteroatoms. The van der Waals surface area contributed by atoms with Crippen LogP contribution in [0.25, 0.3) is 0 Å². The molecule has 0 bridgehead atoms. The van der Waals surface area contributed by atoms with Gasteiger partial charge in [-0.2, -0.15) is 0 Å². The molecule has 2 aliphatic rings. The lowest BCUT2D eigenvalue weighted by atomic mass is 10.0. The molecule has 0 radical (unpaired) electrons. The first kappa shape index (κ1) is 13.9. The molecule has 2 rings (SSSR count). The molecule has 2 fully saturated rings. The second-order valence-electron chi connectivity index (χ2n) is 6.12. The van der Waals surface area contributed by atoms with Crippen molar-refractivity contribution < 1.29 is 4.79 Å². The number of nitrogens with one attached hydrogen (secondary N) is 1. The van der Waals surface area contributed by atoms with Gasteiger partial charge < -0.3 is 4.90 Å². The number of amides is 1. The van der Waals surface area contributed by atoms with E-state index in [0.29, 0.717) is 23.9 Å². The molecule has 104 valence electrons. The van der Waals surface area contributed by atoms with Crippen LogP contribution in [0.3, 0.4) is 0 Å². The molecular formula is C15H28N2O. The van der Waals surface area contributed by atoms with Gasteiger partial charge in [0.25, 0.3) is 0 Å². The van der Waals surface area contributed by atoms with Crippen molar-refractivity contribution >= 4 is 5.91 Å². The van der Waals surface area contributed by atoms with Crippen LogP contribution in [-0.4, -0.2) is 29.6 Å². The summed E-state index contributed by atoms with van der Waals surface area (Å²) in [5, 5.41) is 3.59. The second-order valence-corrected chi connectivity index (χ2v) is 6.12. The zero-order chi connectivity index (χ0) is 13.1. The quantitative estimate of drug-likeness (QED) is 0.816. The van der Waals surface area contributed by atoms with Gasteiger partial charge in [0.1, 0.15) is 0 Å². The SMILES string of the molecule is CCC(C)CN1C(=O)C(CC)NC1C1CCCC1. The molecule has 0 aromatic carbocycles. The number of hydrogen-bond donors (Lipinski definition) is 1. The molecule has 1 aliphatic carbocycles. The third kappa shape index (κ3) is 2.71. The Balaban J connectivity index is 2.06. The van der Waals surface area contributed by atoms with Crippen molar-refractivity contribution in [1.82, 2.24) is 10.2 Å². The maximum Gasteiger partial charge on any atom is 0.241 e. The molecule has 1 saturated carbocycles. The number of nitrogens with zero attached hydrogens (tertiary/aromatic N) is 1. The lowest BCUT2D eigenvalue weighted by molar-refractivity contribution is -0.131. The standard InChI is InChI=1S/C15H28N2O/c1-4-11(3)10-17-14(12-8-6-7-9-12)16-13(5-2)15(17)18/h11-14,16H,4-10H2,1-3H3. The van der Waals surface area contributed by atoms with E-state index in [-0.39, 0.29) is 6.04 Å². The molecule has 0 spiro atoms. The van der Waals surface area contributed by atoms with Crippen LogP contribution >= 0.6 is 0 Å². The average molecular weight is 252 g/mol. The first-order valence-electron chi connectivity index (χ1n) is 7.73. The Morgan fingerprint density at radius 1 is 1.33 bits per heavy atom. The van der Waals surface area contributed by atoms with Gasteiger partial charge in [-0.05, 0) is 31.1 Å². The Hall–Kier alpha value is -0.570. The monoisotopic (exact) mass is 252 g/mol. The minimum atomic E-state index is 0.0691. The van der Waals surface area contributed by atoms with Gasteiger partial charge in [0.15, 0.2) is 0 Å². The van der Waals surface area contributed by atoms with E-state index in [1.807, 2.05) is 0 Å². The summed E-state index contributed by atoms with van der Waals surface area (Å²) in [4.78, 5) is 14.6. The molecular weight excluding hydrogens is 224 g/mol. The van der Waals surface area contributed by atoms with Gasteiger partial charge in [0.2, 0.25) is 5.91 Å². The molecule has 3 unspecified atom stereocenters. The molecule has 0 aromatic heterocycles. The highest BCUT2D eigenvalue weighted by molar-refractivity contribution is 5.84. The van der Waals surface area contributed by atoms with E-state index in [1.54, 1.807) is 0 Å². The van der Waals surface area contributed by atoms with Crippen molar-refractivity contribution in [2.75, 3.05) is 6.54 Å². The Labute approximate surface area is 111 Å². The van der Waals surface area contributed by atoms with Gasteiger partial charge in [-0.3, -0.25) is 10.1 Å². The van der Waals surface area contributed by atoms with Gasteiger partial charge in [0, 0.05) is 6.54 Å². The van der Waals surface area contributed by atoms with Crippen molar-refractivity contribution in [3.63, 3.8) is 0 Å². The largest absolute Gasteiger partial charge is 0.325 e. The normalized spacial score (nSPS) is 31.3. The summed E-state index contributed by atoms with van der Waals surface area (Å²) in [7, 11) is 0. The van der Waals surface area contributed by atoms with Crippen LogP contribution in [0.4, 0.5) is 0 Å². The predicted octanol–water partition coefficient (Wildman–Crippen LogP) is 2.76. The number of rotatable bonds is 5. The summed E-state index contributed by atoms with van der Waals surface area (Å²) in [6.45, 7) is 7.49. The van der Waals surface area contributed by atoms with Crippen molar-refractivity contribution in [2.24, 2.45) is 11.8 Å². The fraction of sp³-hybridized carbons (Fsp3) is 0.933. The average Bonchev–Trinajstić information content (AvgIpc) is 2.99. The fourth-order valence-electron chi connectivity index (χ4n) is 3.33. The minimum Gasteiger partial charge on any atom is -0.325 e. The van der Waals surface area contributed by atoms with Gasteiger partial charge in [-0.15, -0.1) is 0 Å². The van der Waals surface area contributed by atoms with Crippen LogP contribution in [0.5, 0.6) is 0 Å². The summed E-state index contributed by atoms with van der Waals surface area (Å²) < 4.78 is 0. The summed E-state index contributed by atoms with van der Waals surface area (Å²) in [5.41, 5.74) is 0. The Kier molecular flexibility index (Phi) is 4.66. The van der Waals surface area contributed by atoms with Crippen LogP contribution in [0.2, 0.25) is 0 Å². The molecule has 0 aromatic rings. The topological polar surface area (TPSA) is 32.3 Å². The first-order chi connectivity index (χ1) is 8.67. The summed E-state index contributed by atoms with van der Waals surface area (Å²) in [5.74, 6) is 1.64. The second kappa shape index (κ2) is 6.05. The third-order valence-electron chi connectivity index (χ3n) is 4.75. The highest BCUT2D eigenvalue weighted by Gasteiger charge is 2.42. The maximum absolute atomic E-state index is 12.4. The number of carbonyl (C=O) groups is 1. The lowest BCUT2D eigenvalue weighted by Crippen LogP contribution is -2.44. The zero-order valence-electron chi connectivity index (χ0n) is 12.1. The van der Waals surface area contributed by atoms with E-state index in [9.17, 15) is 4.79 Å². The van der Waals surface area contributed by atoms with Crippen LogP contribution in [-0.2, 0) is 4.79 Å². The van der Waals surface area contributed by atoms with Crippen molar-refractivity contribution in [1.29, 1.82) is 0 Å². The van der Waals surface area contributed by atoms with E-state index in [1.165, 1.54) is 25.7 Å². The highest BCUT2D eigenvalue weighted by atomic mass is 16.2. The van der Waals surface area contributed by atoms with Gasteiger partial charge >= 0.3 is 0 Å². The molecule has 3 atom stereocenters. The van der Waals surface area contributed by atoms with E-state index in [4.69, 9.17) is 0 Å². The molecule has 1 amide bonds. The lowest BCUT2D eigenvalue weighted by Gasteiger charge is -2.30. The Morgan fingerprint density at radius 3 is 2.56 bits per heavy atom. The Bertz CT molecular complexity index is 286. The van der Waals surface area contributed by atoms with Gasteiger partial charge in [-0.25, -0.2) is 0 Å². The van der Waals surface area contributed by atoms with Crippen molar-refractivity contribution in [3.05, 3.63) is 0 Å². The zero-order valence-corrected chi connectivity index (χ0v) is 12.1. The van der Waals surface area contributed by atoms with Crippen LogP contribution < -0.4 is 5.32 Å². The van der Waals surface area contributed by atoms with Crippen LogP contribution in [0, 0.1) is 11.8 Å². The molecule has 3 nitrogen and oxygen atoms in total. The van der Waals surface area contributed by atoms with Gasteiger partial charge in [0.05, 0.1) is 12.2 Å². The first-order valence-corrected chi connectivity index (χ1v) is 7.73. The number of carbonyl (C=O) groups excluding carboxylic acids is 1. The Morgan fingerprint density at radius 2 is 2.00 bits per heavy atom. The van der Waals surface area contributed by atoms with Crippen LogP contribution in [0.1, 0.15) is 59.3 Å². The minimum absolute atomic E-state index is 0.0691. The molecule has 1 N–H and O–H groups in total. The van der Waals surface area contributed by atoms with Gasteiger partial charge in [-0.1, -0.05) is 40.0 Å². The maximum atomic E-state index is 12.4. The molecule has 1 aliphatic heterocycles. The summed E-state index contributed by atoms with van der Waals surface area (Å²) >= 11 is 0. The summed E-state index contributed by atoms with van der Waals surface area (Å²) in [6.07, 6.45) is 7.64. The van der Waals surface area contributed by atoms with Crippen molar-refractivity contribution in [2.45, 2.75) is 71.5 Å². The van der Waals surface area contributed by atoms with Crippen LogP contribution in [0.15, 0.2) is 0 Å². The van der Waals surface area contributed by atoms with E-state index >= 15 is 0 Å². The van der Waals surface area contributed by atoms with Crippen molar-refractivity contribution in [3.8, 4) is 0 Å². The molecule has 1 saturated heterocycles. The summed E-state index contributed by atoms with van der Waals surface area (Å²) in [6, 6.07) is 0.0691. The van der Waals surface area contributed by atoms with E-state index in [2.05, 4.69) is 31.0 Å². The molecule has 1 heterocycles. The third-order valence-corrected chi connectivity index (χ3v) is 4.75. The van der Waals surface area contributed by atoms with E-state index in [0.717, 1.165) is 19.4 Å². The molecule has 18 heavy (non-hydrogen) atoms. The predicted molar refractivity (Wildman–Crippen MR) is 74.1 cm³/mol. The highest BCUT2D eigenvalue weighted by Crippen LogP contribution is 2.32.